The molecule has 2 heterocycles. The number of pyridine rings is 1. The molecule has 1 saturated heterocycles. The number of amides is 1. The number of anilines is 2. The Kier molecular flexibility index (Phi) is 5.66. The van der Waals surface area contributed by atoms with Crippen LogP contribution in [0, 0.1) is 0 Å². The van der Waals surface area contributed by atoms with E-state index in [-0.39, 0.29) is 5.91 Å². The maximum Gasteiger partial charge on any atom is 0.248 e. The van der Waals surface area contributed by atoms with E-state index in [9.17, 15) is 4.79 Å². The van der Waals surface area contributed by atoms with Crippen LogP contribution in [-0.2, 0) is 4.79 Å². The summed E-state index contributed by atoms with van der Waals surface area (Å²) in [5, 5.41) is 3.89. The van der Waals surface area contributed by atoms with Gasteiger partial charge in [0.1, 0.15) is 0 Å². The van der Waals surface area contributed by atoms with Crippen LogP contribution >= 0.6 is 0 Å². The number of hydrogen-bond acceptors (Lipinski definition) is 3. The molecular weight excluding hydrogens is 346 g/mol. The van der Waals surface area contributed by atoms with Crippen molar-refractivity contribution in [3.63, 3.8) is 0 Å². The first-order valence-electron chi connectivity index (χ1n) is 9.97. The van der Waals surface area contributed by atoms with Gasteiger partial charge < -0.3 is 10.2 Å². The number of fused-ring (bicyclic) bond motifs is 1. The highest BCUT2D eigenvalue weighted by atomic mass is 16.1. The summed E-state index contributed by atoms with van der Waals surface area (Å²) in [7, 11) is 0. The molecule has 1 amide bonds. The first kappa shape index (κ1) is 18.2. The SMILES string of the molecule is O=C(/C=C/c1ccc(N2CCCCCC2)cc1)Nc1cnc2ccccc2c1. The molecule has 4 nitrogen and oxygen atoms in total. The topological polar surface area (TPSA) is 45.2 Å². The Hall–Kier alpha value is -3.14. The lowest BCUT2D eigenvalue weighted by atomic mass is 10.1. The summed E-state index contributed by atoms with van der Waals surface area (Å²) < 4.78 is 0. The van der Waals surface area contributed by atoms with E-state index >= 15 is 0 Å². The van der Waals surface area contributed by atoms with E-state index in [2.05, 4.69) is 39.5 Å². The fourth-order valence-electron chi connectivity index (χ4n) is 3.62. The highest BCUT2D eigenvalue weighted by molar-refractivity contribution is 6.02. The summed E-state index contributed by atoms with van der Waals surface area (Å²) in [5.74, 6) is -0.159. The highest BCUT2D eigenvalue weighted by Gasteiger charge is 2.09. The summed E-state index contributed by atoms with van der Waals surface area (Å²) in [5.41, 5.74) is 3.90. The van der Waals surface area contributed by atoms with E-state index in [0.717, 1.165) is 29.6 Å². The predicted octanol–water partition coefficient (Wildman–Crippen LogP) is 5.27. The van der Waals surface area contributed by atoms with Crippen molar-refractivity contribution in [2.75, 3.05) is 23.3 Å². The lowest BCUT2D eigenvalue weighted by molar-refractivity contribution is -0.111. The molecule has 0 radical (unpaired) electrons. The van der Waals surface area contributed by atoms with Crippen molar-refractivity contribution >= 4 is 34.3 Å². The van der Waals surface area contributed by atoms with Gasteiger partial charge in [0.2, 0.25) is 5.91 Å². The molecule has 0 bridgehead atoms. The van der Waals surface area contributed by atoms with Crippen molar-refractivity contribution in [3.8, 4) is 0 Å². The first-order chi connectivity index (χ1) is 13.8. The van der Waals surface area contributed by atoms with Crippen LogP contribution in [0.5, 0.6) is 0 Å². The van der Waals surface area contributed by atoms with Crippen LogP contribution in [0.15, 0.2) is 66.9 Å². The second-order valence-electron chi connectivity index (χ2n) is 7.23. The molecule has 4 rings (SSSR count). The molecule has 0 unspecified atom stereocenters. The minimum atomic E-state index is -0.159. The molecule has 2 aromatic carbocycles. The molecule has 0 atom stereocenters. The molecule has 1 N–H and O–H groups in total. The van der Waals surface area contributed by atoms with E-state index in [4.69, 9.17) is 0 Å². The Balaban J connectivity index is 1.38. The molecule has 0 spiro atoms. The number of carbonyl (C=O) groups excluding carboxylic acids is 1. The molecule has 1 aliphatic rings. The summed E-state index contributed by atoms with van der Waals surface area (Å²) in [6.07, 6.45) is 10.3. The van der Waals surface area contributed by atoms with Crippen LogP contribution in [0.3, 0.4) is 0 Å². The molecule has 0 saturated carbocycles. The molecule has 1 aliphatic heterocycles. The van der Waals surface area contributed by atoms with Gasteiger partial charge in [-0.05, 0) is 48.7 Å². The monoisotopic (exact) mass is 371 g/mol. The van der Waals surface area contributed by atoms with Crippen LogP contribution in [0.2, 0.25) is 0 Å². The number of aromatic nitrogens is 1. The van der Waals surface area contributed by atoms with Gasteiger partial charge in [-0.3, -0.25) is 9.78 Å². The Bertz CT molecular complexity index is 971. The smallest absolute Gasteiger partial charge is 0.248 e. The van der Waals surface area contributed by atoms with Gasteiger partial charge >= 0.3 is 0 Å². The van der Waals surface area contributed by atoms with Gasteiger partial charge in [0.15, 0.2) is 0 Å². The third-order valence-corrected chi connectivity index (χ3v) is 5.15. The van der Waals surface area contributed by atoms with Gasteiger partial charge in [0, 0.05) is 30.2 Å². The van der Waals surface area contributed by atoms with Gasteiger partial charge in [-0.1, -0.05) is 43.2 Å². The van der Waals surface area contributed by atoms with Gasteiger partial charge in [-0.2, -0.15) is 0 Å². The third-order valence-electron chi connectivity index (χ3n) is 5.15. The van der Waals surface area contributed by atoms with Crippen LogP contribution < -0.4 is 10.2 Å². The van der Waals surface area contributed by atoms with Crippen LogP contribution in [0.25, 0.3) is 17.0 Å². The highest BCUT2D eigenvalue weighted by Crippen LogP contribution is 2.20. The zero-order valence-corrected chi connectivity index (χ0v) is 16.0. The van der Waals surface area contributed by atoms with Gasteiger partial charge in [0.05, 0.1) is 17.4 Å². The molecule has 28 heavy (non-hydrogen) atoms. The zero-order valence-electron chi connectivity index (χ0n) is 16.0. The lowest BCUT2D eigenvalue weighted by Gasteiger charge is -2.22. The Morgan fingerprint density at radius 1 is 0.964 bits per heavy atom. The molecule has 4 heteroatoms. The van der Waals surface area contributed by atoms with Crippen molar-refractivity contribution in [2.24, 2.45) is 0 Å². The second-order valence-corrected chi connectivity index (χ2v) is 7.23. The molecule has 1 aromatic heterocycles. The fourth-order valence-corrected chi connectivity index (χ4v) is 3.62. The van der Waals surface area contributed by atoms with Crippen LogP contribution in [0.1, 0.15) is 31.2 Å². The fraction of sp³-hybridized carbons (Fsp3) is 0.250. The maximum absolute atomic E-state index is 12.2. The number of hydrogen-bond donors (Lipinski definition) is 1. The van der Waals surface area contributed by atoms with E-state index in [0.29, 0.717) is 5.69 Å². The number of nitrogens with zero attached hydrogens (tertiary/aromatic N) is 2. The Morgan fingerprint density at radius 2 is 1.71 bits per heavy atom. The van der Waals surface area contributed by atoms with Crippen molar-refractivity contribution < 1.29 is 4.79 Å². The van der Waals surface area contributed by atoms with Crippen molar-refractivity contribution in [1.29, 1.82) is 0 Å². The number of para-hydroxylation sites is 1. The summed E-state index contributed by atoms with van der Waals surface area (Å²) in [4.78, 5) is 19.1. The minimum absolute atomic E-state index is 0.159. The minimum Gasteiger partial charge on any atom is -0.372 e. The zero-order chi connectivity index (χ0) is 19.2. The number of carbonyl (C=O) groups is 1. The number of nitrogens with one attached hydrogen (secondary N) is 1. The Morgan fingerprint density at radius 3 is 2.50 bits per heavy atom. The normalized spacial score (nSPS) is 14.9. The largest absolute Gasteiger partial charge is 0.372 e. The lowest BCUT2D eigenvalue weighted by Crippen LogP contribution is -2.23. The third kappa shape index (κ3) is 4.58. The van der Waals surface area contributed by atoms with Gasteiger partial charge in [0.25, 0.3) is 0 Å². The van der Waals surface area contributed by atoms with Crippen molar-refractivity contribution in [1.82, 2.24) is 4.98 Å². The first-order valence-corrected chi connectivity index (χ1v) is 9.97. The van der Waals surface area contributed by atoms with Crippen molar-refractivity contribution in [3.05, 3.63) is 72.4 Å². The second kappa shape index (κ2) is 8.70. The molecule has 0 aliphatic carbocycles. The molecule has 3 aromatic rings. The quantitative estimate of drug-likeness (QED) is 0.636. The molecule has 142 valence electrons. The van der Waals surface area contributed by atoms with E-state index in [1.807, 2.05) is 36.4 Å². The standard InChI is InChI=1S/C24H25N3O/c28-24(26-21-17-20-7-3-4-8-23(20)25-18-21)14-11-19-9-12-22(13-10-19)27-15-5-1-2-6-16-27/h3-4,7-14,17-18H,1-2,5-6,15-16H2,(H,26,28)/b14-11+. The average Bonchev–Trinajstić information content (AvgIpc) is 3.02. The molecular formula is C24H25N3O. The van der Waals surface area contributed by atoms with E-state index < -0.39 is 0 Å². The maximum atomic E-state index is 12.2. The summed E-state index contributed by atoms with van der Waals surface area (Å²) in [6, 6.07) is 18.2. The number of benzene rings is 2. The average molecular weight is 371 g/mol. The number of rotatable bonds is 4. The van der Waals surface area contributed by atoms with Gasteiger partial charge in [-0.25, -0.2) is 0 Å². The predicted molar refractivity (Wildman–Crippen MR) is 117 cm³/mol. The summed E-state index contributed by atoms with van der Waals surface area (Å²) >= 11 is 0. The Labute approximate surface area is 165 Å². The summed E-state index contributed by atoms with van der Waals surface area (Å²) in [6.45, 7) is 2.27. The molecule has 1 fully saturated rings. The van der Waals surface area contributed by atoms with E-state index in [1.165, 1.54) is 31.4 Å². The van der Waals surface area contributed by atoms with Crippen molar-refractivity contribution in [2.45, 2.75) is 25.7 Å². The van der Waals surface area contributed by atoms with Crippen LogP contribution in [-0.4, -0.2) is 24.0 Å². The van der Waals surface area contributed by atoms with Crippen LogP contribution in [0.4, 0.5) is 11.4 Å². The van der Waals surface area contributed by atoms with E-state index in [1.54, 1.807) is 12.3 Å². The van der Waals surface area contributed by atoms with Gasteiger partial charge in [-0.15, -0.1) is 0 Å².